The van der Waals surface area contributed by atoms with Crippen LogP contribution < -0.4 is 10.1 Å². The molecule has 1 fully saturated rings. The predicted octanol–water partition coefficient (Wildman–Crippen LogP) is 4.39. The number of amides is 1. The van der Waals surface area contributed by atoms with Gasteiger partial charge in [-0.25, -0.2) is 0 Å². The zero-order valence-electron chi connectivity index (χ0n) is 16.7. The Labute approximate surface area is 167 Å². The van der Waals surface area contributed by atoms with Crippen LogP contribution in [0, 0.1) is 0 Å². The maximum absolute atomic E-state index is 11.5. The third-order valence-corrected chi connectivity index (χ3v) is 6.17. The average Bonchev–Trinajstić information content (AvgIpc) is 2.74. The first-order valence-corrected chi connectivity index (χ1v) is 10.5. The highest BCUT2D eigenvalue weighted by atomic mass is 16.5. The number of piperidine rings is 1. The molecule has 28 heavy (non-hydrogen) atoms. The number of hydrogen-bond acceptors (Lipinski definition) is 3. The van der Waals surface area contributed by atoms with Crippen molar-refractivity contribution in [1.82, 2.24) is 4.90 Å². The maximum atomic E-state index is 11.5. The number of aryl methyl sites for hydroxylation is 2. The number of likely N-dealkylation sites (tertiary alicyclic amines) is 1. The summed E-state index contributed by atoms with van der Waals surface area (Å²) in [7, 11) is 1.77. The standard InChI is InChI=1S/C24H30N2O2/c1-28-23-7-3-2-6-21(23)19-12-15-26(16-13-19)14-4-5-18-8-10-22-20(17-18)9-11-24(27)25-22/h2-3,6-8,10,17,19H,4-5,9,11-16H2,1H3,(H,25,27). The van der Waals surface area contributed by atoms with Gasteiger partial charge in [0.25, 0.3) is 0 Å². The summed E-state index contributed by atoms with van der Waals surface area (Å²) in [5.41, 5.74) is 5.04. The largest absolute Gasteiger partial charge is 0.496 e. The number of fused-ring (bicyclic) bond motifs is 1. The third kappa shape index (κ3) is 4.39. The van der Waals surface area contributed by atoms with Crippen molar-refractivity contribution in [3.05, 3.63) is 59.2 Å². The van der Waals surface area contributed by atoms with Crippen molar-refractivity contribution in [2.45, 2.75) is 44.4 Å². The number of benzene rings is 2. The Morgan fingerprint density at radius 3 is 2.75 bits per heavy atom. The lowest BCUT2D eigenvalue weighted by atomic mass is 9.88. The lowest BCUT2D eigenvalue weighted by Crippen LogP contribution is -2.34. The van der Waals surface area contributed by atoms with Crippen molar-refractivity contribution in [1.29, 1.82) is 0 Å². The van der Waals surface area contributed by atoms with Gasteiger partial charge in [-0.3, -0.25) is 4.79 Å². The summed E-state index contributed by atoms with van der Waals surface area (Å²) in [6, 6.07) is 15.0. The quantitative estimate of drug-likeness (QED) is 0.810. The van der Waals surface area contributed by atoms with Gasteiger partial charge < -0.3 is 15.0 Å². The van der Waals surface area contributed by atoms with Crippen molar-refractivity contribution >= 4 is 11.6 Å². The van der Waals surface area contributed by atoms with E-state index in [1.807, 2.05) is 6.07 Å². The molecule has 0 aromatic heterocycles. The SMILES string of the molecule is COc1ccccc1C1CCN(CCCc2ccc3c(c2)CCC(=O)N3)CC1. The normalized spacial score (nSPS) is 17.8. The van der Waals surface area contributed by atoms with E-state index in [2.05, 4.69) is 46.6 Å². The molecule has 0 unspecified atom stereocenters. The minimum atomic E-state index is 0.136. The van der Waals surface area contributed by atoms with Crippen LogP contribution in [0.15, 0.2) is 42.5 Å². The number of ether oxygens (including phenoxy) is 1. The van der Waals surface area contributed by atoms with Gasteiger partial charge in [0.1, 0.15) is 5.75 Å². The fourth-order valence-corrected chi connectivity index (χ4v) is 4.57. The number of rotatable bonds is 6. The molecule has 2 heterocycles. The van der Waals surface area contributed by atoms with Crippen molar-refractivity contribution in [2.75, 3.05) is 32.1 Å². The number of methoxy groups -OCH3 is 1. The lowest BCUT2D eigenvalue weighted by Gasteiger charge is -2.32. The van der Waals surface area contributed by atoms with Crippen molar-refractivity contribution < 1.29 is 9.53 Å². The Balaban J connectivity index is 1.24. The number of anilines is 1. The highest BCUT2D eigenvalue weighted by Gasteiger charge is 2.22. The minimum Gasteiger partial charge on any atom is -0.496 e. The Morgan fingerprint density at radius 1 is 1.11 bits per heavy atom. The van der Waals surface area contributed by atoms with Gasteiger partial charge in [-0.15, -0.1) is 0 Å². The van der Waals surface area contributed by atoms with Crippen LogP contribution in [0.2, 0.25) is 0 Å². The van der Waals surface area contributed by atoms with Crippen LogP contribution in [-0.2, 0) is 17.6 Å². The topological polar surface area (TPSA) is 41.6 Å². The lowest BCUT2D eigenvalue weighted by molar-refractivity contribution is -0.116. The predicted molar refractivity (Wildman–Crippen MR) is 113 cm³/mol. The van der Waals surface area contributed by atoms with Crippen LogP contribution in [-0.4, -0.2) is 37.6 Å². The van der Waals surface area contributed by atoms with E-state index in [9.17, 15) is 4.79 Å². The molecule has 0 aliphatic carbocycles. The molecule has 148 valence electrons. The summed E-state index contributed by atoms with van der Waals surface area (Å²) in [6.07, 6.45) is 6.18. The molecule has 1 saturated heterocycles. The van der Waals surface area contributed by atoms with E-state index < -0.39 is 0 Å². The molecule has 2 aromatic carbocycles. The van der Waals surface area contributed by atoms with Crippen LogP contribution in [0.3, 0.4) is 0 Å². The summed E-state index contributed by atoms with van der Waals surface area (Å²) in [6.45, 7) is 3.49. The van der Waals surface area contributed by atoms with Crippen LogP contribution in [0.1, 0.15) is 48.3 Å². The van der Waals surface area contributed by atoms with Gasteiger partial charge in [0.15, 0.2) is 0 Å². The summed E-state index contributed by atoms with van der Waals surface area (Å²) >= 11 is 0. The first kappa shape index (κ1) is 19.0. The molecular formula is C24H30N2O2. The van der Waals surface area contributed by atoms with Gasteiger partial charge in [0, 0.05) is 12.1 Å². The molecule has 1 N–H and O–H groups in total. The molecule has 0 radical (unpaired) electrons. The van der Waals surface area contributed by atoms with Crippen LogP contribution in [0.4, 0.5) is 5.69 Å². The Hall–Kier alpha value is -2.33. The van der Waals surface area contributed by atoms with E-state index in [1.54, 1.807) is 7.11 Å². The van der Waals surface area contributed by atoms with Crippen LogP contribution >= 0.6 is 0 Å². The highest BCUT2D eigenvalue weighted by molar-refractivity contribution is 5.93. The smallest absolute Gasteiger partial charge is 0.224 e. The zero-order valence-corrected chi connectivity index (χ0v) is 16.7. The first-order chi connectivity index (χ1) is 13.7. The molecule has 4 heteroatoms. The molecule has 0 saturated carbocycles. The van der Waals surface area contributed by atoms with E-state index in [4.69, 9.17) is 4.74 Å². The molecule has 1 amide bonds. The average molecular weight is 379 g/mol. The Kier molecular flexibility index (Phi) is 5.96. The van der Waals surface area contributed by atoms with E-state index in [0.717, 1.165) is 30.8 Å². The first-order valence-electron chi connectivity index (χ1n) is 10.5. The third-order valence-electron chi connectivity index (χ3n) is 6.17. The van der Waals surface area contributed by atoms with E-state index >= 15 is 0 Å². The number of para-hydroxylation sites is 1. The van der Waals surface area contributed by atoms with E-state index in [1.165, 1.54) is 49.0 Å². The second-order valence-corrected chi connectivity index (χ2v) is 8.00. The fourth-order valence-electron chi connectivity index (χ4n) is 4.57. The minimum absolute atomic E-state index is 0.136. The monoisotopic (exact) mass is 378 g/mol. The molecule has 4 nitrogen and oxygen atoms in total. The summed E-state index contributed by atoms with van der Waals surface area (Å²) < 4.78 is 5.55. The summed E-state index contributed by atoms with van der Waals surface area (Å²) in [5, 5.41) is 2.96. The second kappa shape index (κ2) is 8.78. The fraction of sp³-hybridized carbons (Fsp3) is 0.458. The Bertz CT molecular complexity index is 825. The van der Waals surface area contributed by atoms with Crippen LogP contribution in [0.25, 0.3) is 0 Å². The zero-order chi connectivity index (χ0) is 19.3. The molecular weight excluding hydrogens is 348 g/mol. The van der Waals surface area contributed by atoms with E-state index in [-0.39, 0.29) is 5.91 Å². The van der Waals surface area contributed by atoms with Gasteiger partial charge in [-0.2, -0.15) is 0 Å². The molecule has 2 aliphatic heterocycles. The number of nitrogens with zero attached hydrogens (tertiary/aromatic N) is 1. The van der Waals surface area contributed by atoms with Gasteiger partial charge in [0.05, 0.1) is 7.11 Å². The number of carbonyl (C=O) groups excluding carboxylic acids is 1. The van der Waals surface area contributed by atoms with Crippen molar-refractivity contribution in [3.8, 4) is 5.75 Å². The van der Waals surface area contributed by atoms with Gasteiger partial charge in [0.2, 0.25) is 5.91 Å². The van der Waals surface area contributed by atoms with Crippen molar-refractivity contribution in [2.24, 2.45) is 0 Å². The van der Waals surface area contributed by atoms with Gasteiger partial charge >= 0.3 is 0 Å². The second-order valence-electron chi connectivity index (χ2n) is 8.00. The number of carbonyl (C=O) groups is 1. The number of hydrogen-bond donors (Lipinski definition) is 1. The molecule has 0 spiro atoms. The van der Waals surface area contributed by atoms with Crippen LogP contribution in [0.5, 0.6) is 5.75 Å². The number of nitrogens with one attached hydrogen (secondary N) is 1. The highest BCUT2D eigenvalue weighted by Crippen LogP contribution is 2.34. The van der Waals surface area contributed by atoms with Gasteiger partial charge in [-0.05, 0) is 86.5 Å². The van der Waals surface area contributed by atoms with E-state index in [0.29, 0.717) is 12.3 Å². The molecule has 4 rings (SSSR count). The molecule has 2 aromatic rings. The summed E-state index contributed by atoms with van der Waals surface area (Å²) in [5.74, 6) is 1.78. The maximum Gasteiger partial charge on any atom is 0.224 e. The Morgan fingerprint density at radius 2 is 1.93 bits per heavy atom. The van der Waals surface area contributed by atoms with Crippen molar-refractivity contribution in [3.63, 3.8) is 0 Å². The molecule has 0 bridgehead atoms. The summed E-state index contributed by atoms with van der Waals surface area (Å²) in [4.78, 5) is 14.1. The molecule has 2 aliphatic rings. The molecule has 0 atom stereocenters. The van der Waals surface area contributed by atoms with Gasteiger partial charge in [-0.1, -0.05) is 30.3 Å².